The van der Waals surface area contributed by atoms with Crippen LogP contribution in [-0.2, 0) is 6.54 Å². The molecule has 3 aromatic rings. The van der Waals surface area contributed by atoms with E-state index in [1.54, 1.807) is 18.2 Å². The first-order chi connectivity index (χ1) is 15.1. The van der Waals surface area contributed by atoms with Gasteiger partial charge in [0.15, 0.2) is 28.3 Å². The third kappa shape index (κ3) is 4.75. The zero-order chi connectivity index (χ0) is 21.8. The molecule has 1 atom stereocenters. The minimum Gasteiger partial charge on any atom is -0.454 e. The monoisotopic (exact) mass is 438 g/mol. The third-order valence-electron chi connectivity index (χ3n) is 5.26. The van der Waals surface area contributed by atoms with Crippen molar-refractivity contribution in [1.82, 2.24) is 19.7 Å². The predicted octanol–water partition coefficient (Wildman–Crippen LogP) is 4.04. The summed E-state index contributed by atoms with van der Waals surface area (Å²) in [7, 11) is 4.09. The van der Waals surface area contributed by atoms with Crippen molar-refractivity contribution in [3.63, 3.8) is 0 Å². The van der Waals surface area contributed by atoms with E-state index in [1.807, 2.05) is 32.3 Å². The number of hydrogen-bond acceptors (Lipinski definition) is 7. The van der Waals surface area contributed by atoms with Crippen molar-refractivity contribution in [2.24, 2.45) is 0 Å². The summed E-state index contributed by atoms with van der Waals surface area (Å²) in [6.07, 6.45) is 0.917. The van der Waals surface area contributed by atoms with E-state index in [9.17, 15) is 4.79 Å². The van der Waals surface area contributed by atoms with Crippen LogP contribution in [0.15, 0.2) is 53.7 Å². The van der Waals surface area contributed by atoms with Crippen LogP contribution in [-0.4, -0.2) is 52.1 Å². The molecule has 162 valence electrons. The lowest BCUT2D eigenvalue weighted by Gasteiger charge is -2.23. The minimum atomic E-state index is 0.0127. The Hall–Kier alpha value is -2.84. The van der Waals surface area contributed by atoms with E-state index in [2.05, 4.69) is 38.7 Å². The minimum absolute atomic E-state index is 0.0127. The van der Waals surface area contributed by atoms with Gasteiger partial charge in [0.1, 0.15) is 0 Å². The van der Waals surface area contributed by atoms with Crippen LogP contribution in [0.2, 0.25) is 0 Å². The van der Waals surface area contributed by atoms with Gasteiger partial charge in [0, 0.05) is 5.56 Å². The molecule has 0 bridgehead atoms. The van der Waals surface area contributed by atoms with Crippen LogP contribution in [0.1, 0.15) is 41.1 Å². The zero-order valence-electron chi connectivity index (χ0n) is 17.9. The molecule has 4 rings (SSSR count). The van der Waals surface area contributed by atoms with Crippen molar-refractivity contribution in [3.8, 4) is 11.5 Å². The van der Waals surface area contributed by atoms with Gasteiger partial charge in [-0.3, -0.25) is 9.69 Å². The highest BCUT2D eigenvalue weighted by atomic mass is 32.2. The highest BCUT2D eigenvalue weighted by Gasteiger charge is 2.23. The van der Waals surface area contributed by atoms with E-state index >= 15 is 0 Å². The van der Waals surface area contributed by atoms with Gasteiger partial charge in [0.2, 0.25) is 6.79 Å². The second kappa shape index (κ2) is 9.53. The number of aromatic nitrogens is 3. The highest BCUT2D eigenvalue weighted by Crippen LogP contribution is 2.33. The Morgan fingerprint density at radius 3 is 2.65 bits per heavy atom. The number of carbonyl (C=O) groups is 1. The fourth-order valence-corrected chi connectivity index (χ4v) is 4.47. The Morgan fingerprint density at radius 1 is 1.13 bits per heavy atom. The SMILES string of the molecule is CC[C@H](c1nnc(SCC(=O)c2ccc3c(c2)OCO3)n1Cc1ccccc1)N(C)C. The van der Waals surface area contributed by atoms with Crippen LogP contribution in [0.5, 0.6) is 11.5 Å². The summed E-state index contributed by atoms with van der Waals surface area (Å²) < 4.78 is 12.8. The van der Waals surface area contributed by atoms with Crippen molar-refractivity contribution in [1.29, 1.82) is 0 Å². The van der Waals surface area contributed by atoms with Crippen LogP contribution in [0.3, 0.4) is 0 Å². The summed E-state index contributed by atoms with van der Waals surface area (Å²) in [4.78, 5) is 15.0. The number of ether oxygens (including phenoxy) is 2. The Balaban J connectivity index is 1.55. The first kappa shape index (κ1) is 21.4. The van der Waals surface area contributed by atoms with Crippen molar-refractivity contribution < 1.29 is 14.3 Å². The van der Waals surface area contributed by atoms with Crippen molar-refractivity contribution in [2.75, 3.05) is 26.6 Å². The number of carbonyl (C=O) groups excluding carboxylic acids is 1. The van der Waals surface area contributed by atoms with Crippen molar-refractivity contribution in [3.05, 3.63) is 65.5 Å². The summed E-state index contributed by atoms with van der Waals surface area (Å²) in [5.74, 6) is 2.48. The van der Waals surface area contributed by atoms with Gasteiger partial charge in [-0.1, -0.05) is 49.0 Å². The number of benzene rings is 2. The Kier molecular flexibility index (Phi) is 6.58. The van der Waals surface area contributed by atoms with E-state index in [-0.39, 0.29) is 24.4 Å². The van der Waals surface area contributed by atoms with Gasteiger partial charge in [-0.15, -0.1) is 10.2 Å². The first-order valence-electron chi connectivity index (χ1n) is 10.3. The summed E-state index contributed by atoms with van der Waals surface area (Å²) in [6.45, 7) is 2.99. The summed E-state index contributed by atoms with van der Waals surface area (Å²) in [5, 5.41) is 9.69. The lowest BCUT2D eigenvalue weighted by atomic mass is 10.1. The topological polar surface area (TPSA) is 69.5 Å². The van der Waals surface area contributed by atoms with Gasteiger partial charge >= 0.3 is 0 Å². The van der Waals surface area contributed by atoms with Gasteiger partial charge in [-0.05, 0) is 44.3 Å². The number of thioether (sulfide) groups is 1. The maximum Gasteiger partial charge on any atom is 0.231 e. The Labute approximate surface area is 186 Å². The summed E-state index contributed by atoms with van der Waals surface area (Å²) in [6, 6.07) is 15.7. The number of nitrogens with zero attached hydrogens (tertiary/aromatic N) is 4. The summed E-state index contributed by atoms with van der Waals surface area (Å²) in [5.41, 5.74) is 1.77. The van der Waals surface area contributed by atoms with E-state index in [4.69, 9.17) is 9.47 Å². The molecule has 7 nitrogen and oxygen atoms in total. The first-order valence-corrected chi connectivity index (χ1v) is 11.2. The molecule has 0 N–H and O–H groups in total. The van der Waals surface area contributed by atoms with Crippen LogP contribution in [0, 0.1) is 0 Å². The van der Waals surface area contributed by atoms with Gasteiger partial charge in [-0.2, -0.15) is 0 Å². The molecular formula is C23H26N4O3S. The standard InChI is InChI=1S/C23H26N4O3S/c1-4-18(26(2)3)22-24-25-23(27(22)13-16-8-6-5-7-9-16)31-14-19(28)17-10-11-20-21(12-17)30-15-29-20/h5-12,18H,4,13-15H2,1-3H3/t18-/m1/s1. The lowest BCUT2D eigenvalue weighted by Crippen LogP contribution is -2.23. The molecule has 0 unspecified atom stereocenters. The lowest BCUT2D eigenvalue weighted by molar-refractivity contribution is 0.102. The number of ketones is 1. The number of Topliss-reactive ketones (excluding diaryl/α,β-unsaturated/α-hetero) is 1. The highest BCUT2D eigenvalue weighted by molar-refractivity contribution is 7.99. The molecule has 0 aliphatic carbocycles. The number of fused-ring (bicyclic) bond motifs is 1. The van der Waals surface area contributed by atoms with Gasteiger partial charge in [0.05, 0.1) is 18.3 Å². The Morgan fingerprint density at radius 2 is 1.90 bits per heavy atom. The van der Waals surface area contributed by atoms with E-state index < -0.39 is 0 Å². The fourth-order valence-electron chi connectivity index (χ4n) is 3.63. The largest absolute Gasteiger partial charge is 0.454 e. The predicted molar refractivity (Wildman–Crippen MR) is 120 cm³/mol. The van der Waals surface area contributed by atoms with Crippen LogP contribution >= 0.6 is 11.8 Å². The smallest absolute Gasteiger partial charge is 0.231 e. The number of rotatable bonds is 9. The van der Waals surface area contributed by atoms with Gasteiger partial charge in [0.25, 0.3) is 0 Å². The van der Waals surface area contributed by atoms with Gasteiger partial charge in [-0.25, -0.2) is 0 Å². The van der Waals surface area contributed by atoms with Crippen molar-refractivity contribution >= 4 is 17.5 Å². The molecule has 0 saturated carbocycles. The molecule has 2 aromatic carbocycles. The second-order valence-corrected chi connectivity index (χ2v) is 8.52. The van der Waals surface area contributed by atoms with Crippen LogP contribution in [0.25, 0.3) is 0 Å². The molecule has 1 aliphatic heterocycles. The van der Waals surface area contributed by atoms with E-state index in [0.29, 0.717) is 23.6 Å². The maximum atomic E-state index is 12.8. The van der Waals surface area contributed by atoms with Crippen LogP contribution in [0.4, 0.5) is 0 Å². The second-order valence-electron chi connectivity index (χ2n) is 7.58. The number of hydrogen-bond donors (Lipinski definition) is 0. The molecule has 0 amide bonds. The van der Waals surface area contributed by atoms with E-state index in [0.717, 1.165) is 17.4 Å². The molecule has 0 spiro atoms. The van der Waals surface area contributed by atoms with Gasteiger partial charge < -0.3 is 14.0 Å². The molecule has 1 aliphatic rings. The van der Waals surface area contributed by atoms with Crippen molar-refractivity contribution in [2.45, 2.75) is 31.1 Å². The molecule has 0 radical (unpaired) electrons. The molecule has 1 aromatic heterocycles. The zero-order valence-corrected chi connectivity index (χ0v) is 18.8. The molecule has 31 heavy (non-hydrogen) atoms. The average molecular weight is 439 g/mol. The normalized spacial score (nSPS) is 13.5. The molecule has 0 saturated heterocycles. The fraction of sp³-hybridized carbons (Fsp3) is 0.348. The quantitative estimate of drug-likeness (QED) is 0.369. The molecular weight excluding hydrogens is 412 g/mol. The molecule has 2 heterocycles. The molecule has 0 fully saturated rings. The molecule has 8 heteroatoms. The average Bonchev–Trinajstić information content (AvgIpc) is 3.40. The third-order valence-corrected chi connectivity index (χ3v) is 6.23. The Bertz CT molecular complexity index is 1050. The maximum absolute atomic E-state index is 12.8. The van der Waals surface area contributed by atoms with E-state index in [1.165, 1.54) is 17.3 Å². The van der Waals surface area contributed by atoms with Crippen LogP contribution < -0.4 is 9.47 Å². The summed E-state index contributed by atoms with van der Waals surface area (Å²) >= 11 is 1.41.